The Morgan fingerprint density at radius 3 is 2.05 bits per heavy atom. The van der Waals surface area contributed by atoms with Crippen molar-refractivity contribution < 1.29 is 14.1 Å². The van der Waals surface area contributed by atoms with Crippen molar-refractivity contribution in [3.63, 3.8) is 0 Å². The fraction of sp³-hybridized carbons (Fsp3) is 0. The maximum absolute atomic E-state index is 12.5. The molecule has 0 N–H and O–H groups in total. The molecule has 2 aromatic heterocycles. The molecule has 0 amide bonds. The minimum atomic E-state index is -0.802. The Morgan fingerprint density at radius 2 is 1.41 bits per heavy atom. The Balaban J connectivity index is 2.21. The molecule has 22 heavy (non-hydrogen) atoms. The maximum atomic E-state index is 12.5. The van der Waals surface area contributed by atoms with Crippen molar-refractivity contribution in [2.24, 2.45) is 0 Å². The third kappa shape index (κ3) is 1.49. The number of hydrogen-bond acceptors (Lipinski definition) is 5. The zero-order valence-electron chi connectivity index (χ0n) is 11.0. The van der Waals surface area contributed by atoms with Gasteiger partial charge in [-0.25, -0.2) is 9.59 Å². The van der Waals surface area contributed by atoms with E-state index >= 15 is 0 Å². The Morgan fingerprint density at radius 1 is 0.818 bits per heavy atom. The first-order valence-electron chi connectivity index (χ1n) is 6.45. The van der Waals surface area contributed by atoms with Crippen LogP contribution in [0.15, 0.2) is 61.5 Å². The molecule has 6 nitrogen and oxygen atoms in total. The van der Waals surface area contributed by atoms with E-state index in [4.69, 9.17) is 0 Å². The van der Waals surface area contributed by atoms with Gasteiger partial charge in [-0.3, -0.25) is 4.79 Å². The van der Waals surface area contributed by atoms with Gasteiger partial charge >= 0.3 is 11.3 Å². The van der Waals surface area contributed by atoms with Crippen molar-refractivity contribution in [2.45, 2.75) is 0 Å². The number of benzene rings is 1. The lowest BCUT2D eigenvalue weighted by Gasteiger charge is -2.02. The van der Waals surface area contributed by atoms with Crippen molar-refractivity contribution >= 4 is 21.5 Å². The van der Waals surface area contributed by atoms with Crippen LogP contribution in [0.5, 0.6) is 5.75 Å². The normalized spacial score (nSPS) is 11.5. The van der Waals surface area contributed by atoms with Gasteiger partial charge in [-0.15, -0.1) is 0 Å². The third-order valence-corrected chi connectivity index (χ3v) is 3.68. The first-order chi connectivity index (χ1) is 10.6. The van der Waals surface area contributed by atoms with Gasteiger partial charge < -0.3 is 9.52 Å². The highest BCUT2D eigenvalue weighted by molar-refractivity contribution is 6.02. The predicted octanol–water partition coefficient (Wildman–Crippen LogP) is -0.108. The van der Waals surface area contributed by atoms with Crippen LogP contribution in [0.4, 0.5) is 0 Å². The Kier molecular flexibility index (Phi) is 2.33. The molecule has 4 rings (SSSR count). The average Bonchev–Trinajstić information content (AvgIpc) is 2.94. The van der Waals surface area contributed by atoms with E-state index in [0.717, 1.165) is 0 Å². The Hall–Kier alpha value is -3.28. The van der Waals surface area contributed by atoms with E-state index in [-0.39, 0.29) is 27.2 Å². The molecule has 0 aliphatic heterocycles. The maximum Gasteiger partial charge on any atom is 0.346 e. The minimum Gasteiger partial charge on any atom is -0.867 e. The second-order valence-corrected chi connectivity index (χ2v) is 4.91. The van der Waals surface area contributed by atoms with Crippen molar-refractivity contribution in [2.75, 3.05) is 0 Å². The first kappa shape index (κ1) is 12.5. The van der Waals surface area contributed by atoms with Crippen LogP contribution in [0.2, 0.25) is 0 Å². The topological polar surface area (TPSA) is 91.3 Å². The molecule has 0 saturated carbocycles. The summed E-state index contributed by atoms with van der Waals surface area (Å²) in [6, 6.07) is 7.66. The molecular weight excluding hydrogens is 286 g/mol. The number of furan rings is 1. The van der Waals surface area contributed by atoms with Crippen molar-refractivity contribution in [1.29, 1.82) is 0 Å². The van der Waals surface area contributed by atoms with Gasteiger partial charge in [-0.05, 0) is 23.3 Å². The van der Waals surface area contributed by atoms with E-state index in [1.54, 1.807) is 30.6 Å². The SMILES string of the molecule is O=c1c(-[n+]2ccccc2)c([O-])c2cc3c(=O)oc(=O)c3cc12. The standard InChI is InChI=1S/C16H7NO5/c18-13-8-6-10-11(16(21)22-15(10)20)7-9(8)14(19)12(13)17-4-2-1-3-5-17/h1-7H. The number of hydrogen-bond donors (Lipinski definition) is 0. The highest BCUT2D eigenvalue weighted by Crippen LogP contribution is 2.27. The second kappa shape index (κ2) is 4.11. The zero-order chi connectivity index (χ0) is 15.4. The van der Waals surface area contributed by atoms with E-state index in [2.05, 4.69) is 4.42 Å². The third-order valence-electron chi connectivity index (χ3n) is 3.68. The average molecular weight is 293 g/mol. The summed E-state index contributed by atoms with van der Waals surface area (Å²) in [6.07, 6.45) is 3.17. The summed E-state index contributed by atoms with van der Waals surface area (Å²) in [5.74, 6) is -0.480. The van der Waals surface area contributed by atoms with Gasteiger partial charge in [-0.2, -0.15) is 4.57 Å². The fourth-order valence-electron chi connectivity index (χ4n) is 2.65. The highest BCUT2D eigenvalue weighted by Gasteiger charge is 2.21. The number of rotatable bonds is 1. The summed E-state index contributed by atoms with van der Waals surface area (Å²) in [6.45, 7) is 0. The van der Waals surface area contributed by atoms with Crippen LogP contribution >= 0.6 is 0 Å². The van der Waals surface area contributed by atoms with E-state index in [0.29, 0.717) is 0 Å². The lowest BCUT2D eigenvalue weighted by molar-refractivity contribution is -0.600. The minimum absolute atomic E-state index is 0.0178. The molecule has 0 aliphatic rings. The fourth-order valence-corrected chi connectivity index (χ4v) is 2.65. The van der Waals surface area contributed by atoms with Crippen molar-refractivity contribution in [3.8, 4) is 11.4 Å². The van der Waals surface area contributed by atoms with Crippen molar-refractivity contribution in [3.05, 3.63) is 73.8 Å². The molecule has 4 aromatic rings. The van der Waals surface area contributed by atoms with Crippen LogP contribution in [0.25, 0.3) is 27.2 Å². The molecule has 2 heterocycles. The summed E-state index contributed by atoms with van der Waals surface area (Å²) in [4.78, 5) is 35.6. The first-order valence-corrected chi connectivity index (χ1v) is 6.45. The molecule has 0 aliphatic carbocycles. The smallest absolute Gasteiger partial charge is 0.346 e. The molecule has 0 unspecified atom stereocenters. The zero-order valence-corrected chi connectivity index (χ0v) is 11.0. The number of pyridine rings is 1. The molecule has 2 aromatic carbocycles. The van der Waals surface area contributed by atoms with Crippen LogP contribution in [-0.4, -0.2) is 0 Å². The van der Waals surface area contributed by atoms with Crippen LogP contribution in [0, 0.1) is 0 Å². The van der Waals surface area contributed by atoms with Gasteiger partial charge in [0.1, 0.15) is 0 Å². The van der Waals surface area contributed by atoms with Gasteiger partial charge in [0.05, 0.1) is 10.8 Å². The molecule has 6 heteroatoms. The second-order valence-electron chi connectivity index (χ2n) is 4.91. The molecule has 106 valence electrons. The van der Waals surface area contributed by atoms with Gasteiger partial charge in [-0.1, -0.05) is 6.07 Å². The van der Waals surface area contributed by atoms with E-state index in [9.17, 15) is 19.5 Å². The summed E-state index contributed by atoms with van der Waals surface area (Å²) in [7, 11) is 0. The van der Waals surface area contributed by atoms with Gasteiger partial charge in [0, 0.05) is 17.5 Å². The van der Waals surface area contributed by atoms with Gasteiger partial charge in [0.25, 0.3) is 11.1 Å². The van der Waals surface area contributed by atoms with E-state index in [1.807, 2.05) is 0 Å². The Bertz CT molecular complexity index is 1180. The van der Waals surface area contributed by atoms with E-state index in [1.165, 1.54) is 16.7 Å². The largest absolute Gasteiger partial charge is 0.867 e. The molecule has 0 saturated heterocycles. The summed E-state index contributed by atoms with van der Waals surface area (Å²) < 4.78 is 5.91. The monoisotopic (exact) mass is 293 g/mol. The Labute approximate surface area is 121 Å². The lowest BCUT2D eigenvalue weighted by atomic mass is 10.1. The van der Waals surface area contributed by atoms with Crippen LogP contribution in [0.3, 0.4) is 0 Å². The van der Waals surface area contributed by atoms with Crippen LogP contribution in [-0.2, 0) is 0 Å². The van der Waals surface area contributed by atoms with Crippen LogP contribution in [0.1, 0.15) is 0 Å². The van der Waals surface area contributed by atoms with Gasteiger partial charge in [0.15, 0.2) is 12.4 Å². The van der Waals surface area contributed by atoms with Crippen LogP contribution < -0.4 is 26.4 Å². The number of nitrogens with zero attached hydrogens (tertiary/aromatic N) is 1. The molecule has 0 radical (unpaired) electrons. The predicted molar refractivity (Wildman–Crippen MR) is 75.9 cm³/mol. The number of fused-ring (bicyclic) bond motifs is 2. The quantitative estimate of drug-likeness (QED) is 0.457. The highest BCUT2D eigenvalue weighted by atomic mass is 16.4. The summed E-state index contributed by atoms with van der Waals surface area (Å²) in [5.41, 5.74) is -2.11. The molecule has 0 fully saturated rings. The molecule has 0 atom stereocenters. The molecule has 0 spiro atoms. The van der Waals surface area contributed by atoms with Gasteiger partial charge in [0.2, 0.25) is 0 Å². The summed E-state index contributed by atoms with van der Waals surface area (Å²) >= 11 is 0. The number of aromatic nitrogens is 1. The van der Waals surface area contributed by atoms with E-state index < -0.39 is 22.4 Å². The van der Waals surface area contributed by atoms with Crippen molar-refractivity contribution in [1.82, 2.24) is 0 Å². The lowest BCUT2D eigenvalue weighted by Crippen LogP contribution is -2.34. The summed E-state index contributed by atoms with van der Waals surface area (Å²) in [5, 5.41) is 12.7. The molecular formula is C16H7NO5. The molecule has 0 bridgehead atoms.